The molecular weight excluding hydrogens is 240 g/mol. The molecule has 1 saturated heterocycles. The third-order valence-electron chi connectivity index (χ3n) is 4.05. The molecule has 3 rings (SSSR count). The molecule has 1 unspecified atom stereocenters. The van der Waals surface area contributed by atoms with Gasteiger partial charge in [-0.15, -0.1) is 0 Å². The lowest BCUT2D eigenvalue weighted by Crippen LogP contribution is -2.28. The average Bonchev–Trinajstić information content (AvgIpc) is 3.10. The number of aromatic carboxylic acids is 1. The molecule has 0 bridgehead atoms. The van der Waals surface area contributed by atoms with E-state index in [0.29, 0.717) is 11.6 Å². The van der Waals surface area contributed by atoms with Crippen LogP contribution in [0.15, 0.2) is 18.2 Å². The molecule has 1 saturated carbocycles. The van der Waals surface area contributed by atoms with Crippen LogP contribution in [0.2, 0.25) is 0 Å². The molecule has 2 fully saturated rings. The Bertz CT molecular complexity index is 497. The number of nitrogens with one attached hydrogen (secondary N) is 1. The zero-order valence-corrected chi connectivity index (χ0v) is 11.2. The Morgan fingerprint density at radius 3 is 2.84 bits per heavy atom. The topological polar surface area (TPSA) is 52.6 Å². The van der Waals surface area contributed by atoms with Gasteiger partial charge in [0, 0.05) is 30.9 Å². The second kappa shape index (κ2) is 4.85. The van der Waals surface area contributed by atoms with Gasteiger partial charge >= 0.3 is 5.97 Å². The van der Waals surface area contributed by atoms with E-state index >= 15 is 0 Å². The van der Waals surface area contributed by atoms with Gasteiger partial charge < -0.3 is 10.4 Å². The van der Waals surface area contributed by atoms with Crippen LogP contribution in [0, 0.1) is 6.92 Å². The first-order chi connectivity index (χ1) is 9.13. The minimum absolute atomic E-state index is 0.371. The number of aryl methyl sites for hydroxylation is 1. The molecule has 0 spiro atoms. The summed E-state index contributed by atoms with van der Waals surface area (Å²) in [5.41, 5.74) is 2.22. The third kappa shape index (κ3) is 2.73. The Hall–Kier alpha value is -1.55. The van der Waals surface area contributed by atoms with E-state index < -0.39 is 5.97 Å². The number of hydrogen-bond donors (Lipinski definition) is 2. The SMILES string of the molecule is Cc1ccc(C(=O)O)c(NC2CCN(C3CC3)C2)c1. The molecule has 102 valence electrons. The molecule has 0 amide bonds. The Morgan fingerprint density at radius 1 is 1.37 bits per heavy atom. The first-order valence-corrected chi connectivity index (χ1v) is 6.98. The van der Waals surface area contributed by atoms with Gasteiger partial charge in [0.2, 0.25) is 0 Å². The van der Waals surface area contributed by atoms with Gasteiger partial charge in [-0.3, -0.25) is 4.90 Å². The summed E-state index contributed by atoms with van der Waals surface area (Å²) in [5, 5.41) is 12.7. The highest BCUT2D eigenvalue weighted by Gasteiger charge is 2.34. The minimum Gasteiger partial charge on any atom is -0.478 e. The quantitative estimate of drug-likeness (QED) is 0.872. The predicted molar refractivity (Wildman–Crippen MR) is 74.8 cm³/mol. The summed E-state index contributed by atoms with van der Waals surface area (Å²) in [7, 11) is 0. The Morgan fingerprint density at radius 2 is 2.16 bits per heavy atom. The van der Waals surface area contributed by atoms with E-state index in [1.807, 2.05) is 19.1 Å². The van der Waals surface area contributed by atoms with E-state index in [0.717, 1.165) is 36.8 Å². The standard InChI is InChI=1S/C15H20N2O2/c1-10-2-5-13(15(18)19)14(8-10)16-11-6-7-17(9-11)12-3-4-12/h2,5,8,11-12,16H,3-4,6-7,9H2,1H3,(H,18,19). The summed E-state index contributed by atoms with van der Waals surface area (Å²) in [6.45, 7) is 4.16. The first kappa shape index (κ1) is 12.5. The highest BCUT2D eigenvalue weighted by molar-refractivity contribution is 5.94. The molecule has 2 aliphatic rings. The fraction of sp³-hybridized carbons (Fsp3) is 0.533. The van der Waals surface area contributed by atoms with Gasteiger partial charge in [-0.2, -0.15) is 0 Å². The van der Waals surface area contributed by atoms with E-state index in [4.69, 9.17) is 0 Å². The van der Waals surface area contributed by atoms with Crippen molar-refractivity contribution in [3.8, 4) is 0 Å². The van der Waals surface area contributed by atoms with Gasteiger partial charge in [-0.05, 0) is 43.9 Å². The van der Waals surface area contributed by atoms with Crippen LogP contribution in [0.25, 0.3) is 0 Å². The largest absolute Gasteiger partial charge is 0.478 e. The van der Waals surface area contributed by atoms with Crippen molar-refractivity contribution < 1.29 is 9.90 Å². The van der Waals surface area contributed by atoms with E-state index in [1.165, 1.54) is 12.8 Å². The minimum atomic E-state index is -0.862. The maximum atomic E-state index is 11.2. The van der Waals surface area contributed by atoms with E-state index in [9.17, 15) is 9.90 Å². The molecule has 0 radical (unpaired) electrons. The highest BCUT2D eigenvalue weighted by atomic mass is 16.4. The van der Waals surface area contributed by atoms with E-state index in [1.54, 1.807) is 6.07 Å². The number of rotatable bonds is 4. The second-order valence-corrected chi connectivity index (χ2v) is 5.71. The third-order valence-corrected chi connectivity index (χ3v) is 4.05. The van der Waals surface area contributed by atoms with Crippen LogP contribution in [0.4, 0.5) is 5.69 Å². The zero-order chi connectivity index (χ0) is 13.4. The highest BCUT2D eigenvalue weighted by Crippen LogP contribution is 2.31. The Balaban J connectivity index is 1.72. The maximum Gasteiger partial charge on any atom is 0.337 e. The zero-order valence-electron chi connectivity index (χ0n) is 11.2. The summed E-state index contributed by atoms with van der Waals surface area (Å²) in [6, 6.07) is 6.64. The van der Waals surface area contributed by atoms with Gasteiger partial charge in [0.15, 0.2) is 0 Å². The van der Waals surface area contributed by atoms with Crippen LogP contribution in [-0.2, 0) is 0 Å². The lowest BCUT2D eigenvalue weighted by Gasteiger charge is -2.18. The van der Waals surface area contributed by atoms with Crippen LogP contribution in [0.5, 0.6) is 0 Å². The van der Waals surface area contributed by atoms with E-state index in [-0.39, 0.29) is 0 Å². The second-order valence-electron chi connectivity index (χ2n) is 5.71. The molecule has 1 aromatic rings. The number of likely N-dealkylation sites (tertiary alicyclic amines) is 1. The molecule has 1 atom stereocenters. The normalized spacial score (nSPS) is 23.5. The number of carboxylic acids is 1. The van der Waals surface area contributed by atoms with Crippen molar-refractivity contribution in [2.75, 3.05) is 18.4 Å². The molecular formula is C15H20N2O2. The number of hydrogen-bond acceptors (Lipinski definition) is 3. The van der Waals surface area contributed by atoms with Crippen LogP contribution < -0.4 is 5.32 Å². The van der Waals surface area contributed by atoms with Crippen molar-refractivity contribution in [1.29, 1.82) is 0 Å². The molecule has 19 heavy (non-hydrogen) atoms. The van der Waals surface area contributed by atoms with Crippen molar-refractivity contribution in [1.82, 2.24) is 4.90 Å². The van der Waals surface area contributed by atoms with Gasteiger partial charge in [-0.25, -0.2) is 4.79 Å². The summed E-state index contributed by atoms with van der Waals surface area (Å²) in [4.78, 5) is 13.8. The van der Waals surface area contributed by atoms with Gasteiger partial charge in [0.25, 0.3) is 0 Å². The predicted octanol–water partition coefficient (Wildman–Crippen LogP) is 2.34. The van der Waals surface area contributed by atoms with E-state index in [2.05, 4.69) is 10.2 Å². The van der Waals surface area contributed by atoms with Crippen molar-refractivity contribution in [2.45, 2.75) is 38.3 Å². The molecule has 1 aromatic carbocycles. The fourth-order valence-corrected chi connectivity index (χ4v) is 2.86. The van der Waals surface area contributed by atoms with Crippen molar-refractivity contribution in [3.63, 3.8) is 0 Å². The summed E-state index contributed by atoms with van der Waals surface area (Å²) >= 11 is 0. The van der Waals surface area contributed by atoms with Crippen LogP contribution >= 0.6 is 0 Å². The van der Waals surface area contributed by atoms with Crippen LogP contribution in [0.3, 0.4) is 0 Å². The van der Waals surface area contributed by atoms with Crippen LogP contribution in [0.1, 0.15) is 35.2 Å². The number of carboxylic acid groups (broad SMARTS) is 1. The number of carbonyl (C=O) groups is 1. The first-order valence-electron chi connectivity index (χ1n) is 6.98. The summed E-state index contributed by atoms with van der Waals surface area (Å²) < 4.78 is 0. The summed E-state index contributed by atoms with van der Waals surface area (Å²) in [6.07, 6.45) is 3.76. The maximum absolute atomic E-state index is 11.2. The number of benzene rings is 1. The number of anilines is 1. The van der Waals surface area contributed by atoms with Gasteiger partial charge in [-0.1, -0.05) is 6.07 Å². The Labute approximate surface area is 113 Å². The monoisotopic (exact) mass is 260 g/mol. The lowest BCUT2D eigenvalue weighted by atomic mass is 10.1. The van der Waals surface area contributed by atoms with Crippen molar-refractivity contribution >= 4 is 11.7 Å². The molecule has 0 aromatic heterocycles. The molecule has 4 nitrogen and oxygen atoms in total. The molecule has 4 heteroatoms. The summed E-state index contributed by atoms with van der Waals surface area (Å²) in [5.74, 6) is -0.862. The molecule has 1 aliphatic carbocycles. The van der Waals surface area contributed by atoms with Crippen molar-refractivity contribution in [2.24, 2.45) is 0 Å². The van der Waals surface area contributed by atoms with Gasteiger partial charge in [0.05, 0.1) is 5.56 Å². The number of nitrogens with zero attached hydrogens (tertiary/aromatic N) is 1. The van der Waals surface area contributed by atoms with Gasteiger partial charge in [0.1, 0.15) is 0 Å². The van der Waals surface area contributed by atoms with Crippen LogP contribution in [-0.4, -0.2) is 41.1 Å². The van der Waals surface area contributed by atoms with Crippen molar-refractivity contribution in [3.05, 3.63) is 29.3 Å². The molecule has 1 heterocycles. The lowest BCUT2D eigenvalue weighted by molar-refractivity contribution is 0.0698. The smallest absolute Gasteiger partial charge is 0.337 e. The average molecular weight is 260 g/mol. The Kier molecular flexibility index (Phi) is 3.19. The fourth-order valence-electron chi connectivity index (χ4n) is 2.86. The molecule has 2 N–H and O–H groups in total. The molecule has 1 aliphatic heterocycles.